The van der Waals surface area contributed by atoms with Crippen molar-refractivity contribution in [3.8, 4) is 17.0 Å². The zero-order valence-electron chi connectivity index (χ0n) is 15.0. The summed E-state index contributed by atoms with van der Waals surface area (Å²) in [5, 5.41) is 3.42. The van der Waals surface area contributed by atoms with E-state index in [4.69, 9.17) is 21.3 Å². The minimum Gasteiger partial charge on any atom is -0.496 e. The first kappa shape index (κ1) is 17.6. The van der Waals surface area contributed by atoms with Gasteiger partial charge in [0.05, 0.1) is 18.4 Å². The van der Waals surface area contributed by atoms with Gasteiger partial charge in [-0.2, -0.15) is 0 Å². The predicted octanol–water partition coefficient (Wildman–Crippen LogP) is 4.80. The van der Waals surface area contributed by atoms with E-state index < -0.39 is 0 Å². The second-order valence-electron chi connectivity index (χ2n) is 6.57. The molecule has 1 aromatic heterocycles. The highest BCUT2D eigenvalue weighted by Gasteiger charge is 2.15. The van der Waals surface area contributed by atoms with Gasteiger partial charge < -0.3 is 14.6 Å². The van der Waals surface area contributed by atoms with Gasteiger partial charge in [-0.1, -0.05) is 23.7 Å². The number of nitrogens with zero attached hydrogens (tertiary/aromatic N) is 2. The van der Waals surface area contributed by atoms with Crippen LogP contribution in [0, 0.1) is 0 Å². The molecule has 3 aromatic rings. The fourth-order valence-electron chi connectivity index (χ4n) is 3.33. The number of carbonyl (C=O) groups is 1. The average Bonchev–Trinajstić information content (AvgIpc) is 3.12. The molecule has 0 saturated carbocycles. The van der Waals surface area contributed by atoms with Gasteiger partial charge in [-0.3, -0.25) is 4.79 Å². The maximum absolute atomic E-state index is 12.5. The van der Waals surface area contributed by atoms with Crippen LogP contribution in [0.1, 0.15) is 29.0 Å². The van der Waals surface area contributed by atoms with E-state index in [0.717, 1.165) is 30.0 Å². The maximum Gasteiger partial charge on any atom is 0.259 e. The van der Waals surface area contributed by atoms with Crippen LogP contribution in [0.2, 0.25) is 5.02 Å². The molecule has 0 bridgehead atoms. The van der Waals surface area contributed by atoms with Gasteiger partial charge in [0, 0.05) is 35.4 Å². The lowest BCUT2D eigenvalue weighted by Crippen LogP contribution is -2.13. The van der Waals surface area contributed by atoms with Crippen molar-refractivity contribution in [1.82, 2.24) is 9.55 Å². The molecule has 0 unspecified atom stereocenters. The summed E-state index contributed by atoms with van der Waals surface area (Å²) in [5.41, 5.74) is 3.17. The van der Waals surface area contributed by atoms with E-state index in [1.54, 1.807) is 18.2 Å². The molecular formula is C21H20ClN3O2. The third-order valence-electron chi connectivity index (χ3n) is 4.76. The second kappa shape index (κ2) is 7.45. The van der Waals surface area contributed by atoms with Crippen molar-refractivity contribution in [3.63, 3.8) is 0 Å². The highest BCUT2D eigenvalue weighted by Crippen LogP contribution is 2.26. The molecule has 0 atom stereocenters. The molecule has 4 rings (SSSR count). The number of hydrogen-bond acceptors (Lipinski definition) is 3. The van der Waals surface area contributed by atoms with Crippen molar-refractivity contribution in [2.24, 2.45) is 0 Å². The Labute approximate surface area is 162 Å². The van der Waals surface area contributed by atoms with E-state index in [9.17, 15) is 4.79 Å². The van der Waals surface area contributed by atoms with Gasteiger partial charge in [-0.05, 0) is 43.2 Å². The molecule has 0 fully saturated rings. The molecule has 0 spiro atoms. The maximum atomic E-state index is 12.5. The highest BCUT2D eigenvalue weighted by molar-refractivity contribution is 6.31. The van der Waals surface area contributed by atoms with E-state index in [1.165, 1.54) is 20.0 Å². The van der Waals surface area contributed by atoms with Gasteiger partial charge >= 0.3 is 0 Å². The summed E-state index contributed by atoms with van der Waals surface area (Å²) in [6, 6.07) is 12.7. The zero-order chi connectivity index (χ0) is 18.8. The number of carbonyl (C=O) groups excluding carboxylic acids is 1. The number of ether oxygens (including phenoxy) is 1. The van der Waals surface area contributed by atoms with Crippen molar-refractivity contribution >= 4 is 23.2 Å². The summed E-state index contributed by atoms with van der Waals surface area (Å²) in [6.07, 6.45) is 5.56. The molecule has 0 saturated heterocycles. The van der Waals surface area contributed by atoms with E-state index in [0.29, 0.717) is 22.0 Å². The first-order valence-corrected chi connectivity index (χ1v) is 9.33. The molecule has 2 aromatic carbocycles. The summed E-state index contributed by atoms with van der Waals surface area (Å²) in [7, 11) is 1.52. The normalized spacial score (nSPS) is 13.1. The third kappa shape index (κ3) is 3.69. The summed E-state index contributed by atoms with van der Waals surface area (Å²) >= 11 is 5.95. The van der Waals surface area contributed by atoms with Crippen LogP contribution >= 0.6 is 11.6 Å². The monoisotopic (exact) mass is 381 g/mol. The molecule has 1 amide bonds. The molecule has 6 heteroatoms. The lowest BCUT2D eigenvalue weighted by Gasteiger charge is -2.11. The van der Waals surface area contributed by atoms with Gasteiger partial charge in [0.25, 0.3) is 5.91 Å². The fourth-order valence-corrected chi connectivity index (χ4v) is 3.49. The van der Waals surface area contributed by atoms with Crippen LogP contribution in [0.25, 0.3) is 11.3 Å². The smallest absolute Gasteiger partial charge is 0.259 e. The number of imidazole rings is 1. The van der Waals surface area contributed by atoms with Gasteiger partial charge in [0.1, 0.15) is 11.6 Å². The molecule has 5 nitrogen and oxygen atoms in total. The molecule has 2 heterocycles. The van der Waals surface area contributed by atoms with E-state index >= 15 is 0 Å². The average molecular weight is 382 g/mol. The van der Waals surface area contributed by atoms with E-state index in [-0.39, 0.29) is 5.91 Å². The van der Waals surface area contributed by atoms with Crippen molar-refractivity contribution in [2.45, 2.75) is 25.8 Å². The first-order valence-electron chi connectivity index (χ1n) is 8.95. The van der Waals surface area contributed by atoms with Gasteiger partial charge in [-0.15, -0.1) is 0 Å². The molecule has 0 aliphatic carbocycles. The van der Waals surface area contributed by atoms with Gasteiger partial charge in [0.15, 0.2) is 0 Å². The lowest BCUT2D eigenvalue weighted by atomic mass is 10.1. The van der Waals surface area contributed by atoms with Crippen LogP contribution < -0.4 is 10.1 Å². The largest absolute Gasteiger partial charge is 0.496 e. The van der Waals surface area contributed by atoms with Crippen molar-refractivity contribution in [1.29, 1.82) is 0 Å². The number of fused-ring (bicyclic) bond motifs is 1. The van der Waals surface area contributed by atoms with Crippen molar-refractivity contribution in [2.75, 3.05) is 12.4 Å². The second-order valence-corrected chi connectivity index (χ2v) is 7.01. The van der Waals surface area contributed by atoms with Gasteiger partial charge in [-0.25, -0.2) is 4.98 Å². The number of hydrogen-bond donors (Lipinski definition) is 1. The van der Waals surface area contributed by atoms with Crippen LogP contribution in [0.4, 0.5) is 5.69 Å². The number of aryl methyl sites for hydroxylation is 2. The Morgan fingerprint density at radius 3 is 2.74 bits per heavy atom. The SMILES string of the molecule is COc1cc(Cl)ccc1C(=O)Nc1ccc(-c2cn3c(n2)CCCC3)cc1. The molecule has 138 valence electrons. The number of methoxy groups -OCH3 is 1. The van der Waals surface area contributed by atoms with Crippen LogP contribution in [0.5, 0.6) is 5.75 Å². The predicted molar refractivity (Wildman–Crippen MR) is 107 cm³/mol. The zero-order valence-corrected chi connectivity index (χ0v) is 15.8. The van der Waals surface area contributed by atoms with E-state index in [2.05, 4.69) is 16.1 Å². The summed E-state index contributed by atoms with van der Waals surface area (Å²) in [4.78, 5) is 17.3. The number of anilines is 1. The van der Waals surface area contributed by atoms with Crippen LogP contribution in [0.3, 0.4) is 0 Å². The fraction of sp³-hybridized carbons (Fsp3) is 0.238. The number of halogens is 1. The third-order valence-corrected chi connectivity index (χ3v) is 4.99. The Morgan fingerprint density at radius 1 is 1.19 bits per heavy atom. The number of rotatable bonds is 4. The Bertz CT molecular complexity index is 956. The quantitative estimate of drug-likeness (QED) is 0.706. The Balaban J connectivity index is 1.51. The van der Waals surface area contributed by atoms with Crippen LogP contribution in [-0.4, -0.2) is 22.6 Å². The number of aromatic nitrogens is 2. The minimum atomic E-state index is -0.242. The molecule has 1 aliphatic heterocycles. The number of amides is 1. The lowest BCUT2D eigenvalue weighted by molar-refractivity contribution is 0.102. The molecule has 1 aliphatic rings. The number of benzene rings is 2. The van der Waals surface area contributed by atoms with Gasteiger partial charge in [0.2, 0.25) is 0 Å². The Morgan fingerprint density at radius 2 is 2.00 bits per heavy atom. The first-order chi connectivity index (χ1) is 13.1. The highest BCUT2D eigenvalue weighted by atomic mass is 35.5. The topological polar surface area (TPSA) is 56.1 Å². The summed E-state index contributed by atoms with van der Waals surface area (Å²) in [5.74, 6) is 1.36. The van der Waals surface area contributed by atoms with E-state index in [1.807, 2.05) is 24.3 Å². The minimum absolute atomic E-state index is 0.242. The van der Waals surface area contributed by atoms with Crippen molar-refractivity contribution in [3.05, 3.63) is 65.1 Å². The Hall–Kier alpha value is -2.79. The molecular weight excluding hydrogens is 362 g/mol. The van der Waals surface area contributed by atoms with Crippen LogP contribution in [-0.2, 0) is 13.0 Å². The molecule has 1 N–H and O–H groups in total. The standard InChI is InChI=1S/C21H20ClN3O2/c1-27-19-12-15(22)7-10-17(19)21(26)23-16-8-5-14(6-9-16)18-13-25-11-3-2-4-20(25)24-18/h5-10,12-13H,2-4,11H2,1H3,(H,23,26). The molecule has 27 heavy (non-hydrogen) atoms. The van der Waals surface area contributed by atoms with Crippen molar-refractivity contribution < 1.29 is 9.53 Å². The van der Waals surface area contributed by atoms with Crippen LogP contribution in [0.15, 0.2) is 48.7 Å². The molecule has 0 radical (unpaired) electrons. The number of nitrogens with one attached hydrogen (secondary N) is 1. The summed E-state index contributed by atoms with van der Waals surface area (Å²) < 4.78 is 7.48. The Kier molecular flexibility index (Phi) is 4.86. The summed E-state index contributed by atoms with van der Waals surface area (Å²) in [6.45, 7) is 1.04.